The van der Waals surface area contributed by atoms with Crippen molar-refractivity contribution in [2.75, 3.05) is 18.0 Å². The standard InChI is InChI=1S/C17H27BrN2/c1-12(2)9-19-10-15-5-6-17(16(18)8-15)20-11-13(3)7-14(20)4/h5-6,8,12-14,19H,7,9-11H2,1-4H3. The minimum absolute atomic E-state index is 0.645. The van der Waals surface area contributed by atoms with Crippen LogP contribution in [0.2, 0.25) is 0 Å². The molecule has 1 heterocycles. The van der Waals surface area contributed by atoms with E-state index in [4.69, 9.17) is 0 Å². The number of hydrogen-bond donors (Lipinski definition) is 1. The van der Waals surface area contributed by atoms with E-state index in [9.17, 15) is 0 Å². The number of anilines is 1. The van der Waals surface area contributed by atoms with Gasteiger partial charge in [0.2, 0.25) is 0 Å². The van der Waals surface area contributed by atoms with E-state index in [0.29, 0.717) is 12.0 Å². The van der Waals surface area contributed by atoms with Gasteiger partial charge in [-0.05, 0) is 65.4 Å². The van der Waals surface area contributed by atoms with Gasteiger partial charge < -0.3 is 10.2 Å². The third kappa shape index (κ3) is 3.98. The molecule has 0 radical (unpaired) electrons. The van der Waals surface area contributed by atoms with Crippen LogP contribution in [-0.4, -0.2) is 19.1 Å². The molecule has 0 aromatic heterocycles. The van der Waals surface area contributed by atoms with Gasteiger partial charge in [0, 0.05) is 23.6 Å². The van der Waals surface area contributed by atoms with Gasteiger partial charge >= 0.3 is 0 Å². The lowest BCUT2D eigenvalue weighted by atomic mass is 10.1. The Morgan fingerprint density at radius 1 is 1.35 bits per heavy atom. The number of hydrogen-bond acceptors (Lipinski definition) is 2. The highest BCUT2D eigenvalue weighted by atomic mass is 79.9. The summed E-state index contributed by atoms with van der Waals surface area (Å²) in [6, 6.07) is 7.43. The van der Waals surface area contributed by atoms with Gasteiger partial charge in [-0.1, -0.05) is 26.8 Å². The smallest absolute Gasteiger partial charge is 0.0513 e. The Kier molecular flexibility index (Phi) is 5.50. The molecular weight excluding hydrogens is 312 g/mol. The molecule has 1 aliphatic rings. The fourth-order valence-corrected chi connectivity index (χ4v) is 3.69. The Balaban J connectivity index is 2.02. The molecule has 0 spiro atoms. The summed E-state index contributed by atoms with van der Waals surface area (Å²) in [5, 5.41) is 3.50. The molecule has 0 saturated carbocycles. The molecule has 0 aliphatic carbocycles. The Hall–Kier alpha value is -0.540. The molecule has 1 N–H and O–H groups in total. The van der Waals surface area contributed by atoms with Crippen molar-refractivity contribution in [1.82, 2.24) is 5.32 Å². The van der Waals surface area contributed by atoms with Crippen LogP contribution in [-0.2, 0) is 6.54 Å². The normalized spacial score (nSPS) is 22.8. The zero-order valence-corrected chi connectivity index (χ0v) is 14.7. The van der Waals surface area contributed by atoms with Crippen molar-refractivity contribution in [2.24, 2.45) is 11.8 Å². The Bertz CT molecular complexity index is 445. The lowest BCUT2D eigenvalue weighted by molar-refractivity contribution is 0.552. The summed E-state index contributed by atoms with van der Waals surface area (Å²) in [4.78, 5) is 2.53. The molecule has 112 valence electrons. The number of rotatable bonds is 5. The molecule has 0 bridgehead atoms. The molecule has 2 atom stereocenters. The SMILES string of the molecule is CC(C)CNCc1ccc(N2CC(C)CC2C)c(Br)c1. The summed E-state index contributed by atoms with van der Waals surface area (Å²) < 4.78 is 1.22. The van der Waals surface area contributed by atoms with Gasteiger partial charge in [0.15, 0.2) is 0 Å². The molecule has 20 heavy (non-hydrogen) atoms. The first-order valence-electron chi connectivity index (χ1n) is 7.73. The molecular formula is C17H27BrN2. The van der Waals surface area contributed by atoms with E-state index in [0.717, 1.165) is 19.0 Å². The Labute approximate surface area is 132 Å². The largest absolute Gasteiger partial charge is 0.368 e. The third-order valence-electron chi connectivity index (χ3n) is 3.99. The average Bonchev–Trinajstić information content (AvgIpc) is 2.68. The van der Waals surface area contributed by atoms with Gasteiger partial charge in [0.05, 0.1) is 5.69 Å². The van der Waals surface area contributed by atoms with Crippen molar-refractivity contribution in [1.29, 1.82) is 0 Å². The number of nitrogens with zero attached hydrogens (tertiary/aromatic N) is 1. The summed E-state index contributed by atoms with van der Waals surface area (Å²) in [6.07, 6.45) is 1.30. The predicted molar refractivity (Wildman–Crippen MR) is 91.3 cm³/mol. The van der Waals surface area contributed by atoms with Crippen molar-refractivity contribution < 1.29 is 0 Å². The molecule has 2 rings (SSSR count). The van der Waals surface area contributed by atoms with Gasteiger partial charge in [0.1, 0.15) is 0 Å². The van der Waals surface area contributed by atoms with E-state index in [-0.39, 0.29) is 0 Å². The Morgan fingerprint density at radius 3 is 2.65 bits per heavy atom. The van der Waals surface area contributed by atoms with Crippen LogP contribution in [0.3, 0.4) is 0 Å². The van der Waals surface area contributed by atoms with E-state index in [1.54, 1.807) is 0 Å². The third-order valence-corrected chi connectivity index (χ3v) is 4.62. The van der Waals surface area contributed by atoms with Crippen molar-refractivity contribution in [3.8, 4) is 0 Å². The molecule has 3 heteroatoms. The lowest BCUT2D eigenvalue weighted by Gasteiger charge is -2.25. The maximum atomic E-state index is 3.76. The maximum Gasteiger partial charge on any atom is 0.0513 e. The van der Waals surface area contributed by atoms with E-state index in [2.05, 4.69) is 72.0 Å². The number of halogens is 1. The van der Waals surface area contributed by atoms with E-state index >= 15 is 0 Å². The second-order valence-corrected chi connectivity index (χ2v) is 7.51. The topological polar surface area (TPSA) is 15.3 Å². The van der Waals surface area contributed by atoms with Crippen LogP contribution in [0.1, 0.15) is 39.7 Å². The maximum absolute atomic E-state index is 3.76. The summed E-state index contributed by atoms with van der Waals surface area (Å²) in [5.41, 5.74) is 2.69. The zero-order valence-electron chi connectivity index (χ0n) is 13.1. The van der Waals surface area contributed by atoms with Gasteiger partial charge in [0.25, 0.3) is 0 Å². The second kappa shape index (κ2) is 6.95. The molecule has 1 aromatic carbocycles. The highest BCUT2D eigenvalue weighted by Crippen LogP contribution is 2.34. The molecule has 1 saturated heterocycles. The first kappa shape index (κ1) is 15.8. The zero-order chi connectivity index (χ0) is 14.7. The number of benzene rings is 1. The van der Waals surface area contributed by atoms with Gasteiger partial charge in [-0.15, -0.1) is 0 Å². The van der Waals surface area contributed by atoms with Crippen LogP contribution >= 0.6 is 15.9 Å². The van der Waals surface area contributed by atoms with Crippen LogP contribution in [0.25, 0.3) is 0 Å². The van der Waals surface area contributed by atoms with Crippen molar-refractivity contribution in [3.05, 3.63) is 28.2 Å². The van der Waals surface area contributed by atoms with E-state index in [1.807, 2.05) is 0 Å². The Morgan fingerprint density at radius 2 is 2.10 bits per heavy atom. The lowest BCUT2D eigenvalue weighted by Crippen LogP contribution is -2.27. The summed E-state index contributed by atoms with van der Waals surface area (Å²) in [5.74, 6) is 1.49. The van der Waals surface area contributed by atoms with Crippen LogP contribution in [0.5, 0.6) is 0 Å². The minimum atomic E-state index is 0.645. The monoisotopic (exact) mass is 338 g/mol. The fraction of sp³-hybridized carbons (Fsp3) is 0.647. The van der Waals surface area contributed by atoms with Crippen molar-refractivity contribution >= 4 is 21.6 Å². The van der Waals surface area contributed by atoms with E-state index < -0.39 is 0 Å². The fourth-order valence-electron chi connectivity index (χ4n) is 3.03. The molecule has 1 fully saturated rings. The molecule has 0 amide bonds. The van der Waals surface area contributed by atoms with E-state index in [1.165, 1.54) is 28.7 Å². The van der Waals surface area contributed by atoms with Crippen LogP contribution in [0.15, 0.2) is 22.7 Å². The molecule has 2 nitrogen and oxygen atoms in total. The highest BCUT2D eigenvalue weighted by molar-refractivity contribution is 9.10. The summed E-state index contributed by atoms with van der Waals surface area (Å²) in [6.45, 7) is 12.3. The van der Waals surface area contributed by atoms with Gasteiger partial charge in [-0.3, -0.25) is 0 Å². The first-order valence-corrected chi connectivity index (χ1v) is 8.52. The van der Waals surface area contributed by atoms with Gasteiger partial charge in [-0.2, -0.15) is 0 Å². The average molecular weight is 339 g/mol. The second-order valence-electron chi connectivity index (χ2n) is 6.65. The van der Waals surface area contributed by atoms with Crippen LogP contribution in [0.4, 0.5) is 5.69 Å². The van der Waals surface area contributed by atoms with Crippen molar-refractivity contribution in [2.45, 2.75) is 46.7 Å². The number of nitrogens with one attached hydrogen (secondary N) is 1. The molecule has 2 unspecified atom stereocenters. The quantitative estimate of drug-likeness (QED) is 0.854. The van der Waals surface area contributed by atoms with Crippen LogP contribution < -0.4 is 10.2 Å². The first-order chi connectivity index (χ1) is 9.47. The molecule has 1 aromatic rings. The van der Waals surface area contributed by atoms with Gasteiger partial charge in [-0.25, -0.2) is 0 Å². The predicted octanol–water partition coefficient (Wildman–Crippen LogP) is 4.43. The highest BCUT2D eigenvalue weighted by Gasteiger charge is 2.27. The minimum Gasteiger partial charge on any atom is -0.368 e. The summed E-state index contributed by atoms with van der Waals surface area (Å²) >= 11 is 3.76. The summed E-state index contributed by atoms with van der Waals surface area (Å²) in [7, 11) is 0. The van der Waals surface area contributed by atoms with Crippen LogP contribution in [0, 0.1) is 11.8 Å². The van der Waals surface area contributed by atoms with Crippen molar-refractivity contribution in [3.63, 3.8) is 0 Å². The molecule has 1 aliphatic heterocycles.